The minimum absolute atomic E-state index is 0. The van der Waals surface area contributed by atoms with Crippen LogP contribution in [0.15, 0.2) is 0 Å². The first-order valence-corrected chi connectivity index (χ1v) is 17.0. The predicted octanol–water partition coefficient (Wildman–Crippen LogP) is 4.15. The van der Waals surface area contributed by atoms with Crippen molar-refractivity contribution in [3.63, 3.8) is 0 Å². The van der Waals surface area contributed by atoms with Gasteiger partial charge in [0.05, 0.1) is 0 Å². The average molecular weight is 429 g/mol. The molecule has 7 heteroatoms. The Hall–Kier alpha value is -1.66. The maximum atomic E-state index is 11.2. The fraction of sp³-hybridized carbons (Fsp3) is 0.600. The summed E-state index contributed by atoms with van der Waals surface area (Å²) in [5.74, 6) is 9.19. The molecule has 2 aliphatic heterocycles. The van der Waals surface area contributed by atoms with Crippen molar-refractivity contribution >= 4 is 38.5 Å². The van der Waals surface area contributed by atoms with Crippen molar-refractivity contribution in [2.45, 2.75) is 65.0 Å². The van der Waals surface area contributed by atoms with Gasteiger partial charge in [0.15, 0.2) is 8.24 Å². The molecule has 2 aliphatic rings. The van der Waals surface area contributed by atoms with Crippen LogP contribution >= 0.6 is 11.1 Å². The van der Waals surface area contributed by atoms with Gasteiger partial charge >= 0.3 is 0 Å². The summed E-state index contributed by atoms with van der Waals surface area (Å²) in [6, 6.07) is 0. The summed E-state index contributed by atoms with van der Waals surface area (Å²) in [4.78, 5) is 21.3. The molecule has 0 radical (unpaired) electrons. The third-order valence-electron chi connectivity index (χ3n) is 2.99. The Morgan fingerprint density at radius 1 is 1.00 bits per heavy atom. The van der Waals surface area contributed by atoms with Crippen LogP contribution in [0.1, 0.15) is 28.5 Å². The minimum Gasteiger partial charge on any atom is -0.370 e. The Morgan fingerprint density at radius 3 is 1.63 bits per heavy atom. The van der Waals surface area contributed by atoms with E-state index in [1.807, 2.05) is 0 Å². The van der Waals surface area contributed by atoms with Crippen LogP contribution < -0.4 is 5.32 Å². The number of hydrogen-bond donors (Lipinski definition) is 1. The Morgan fingerprint density at radius 2 is 1.48 bits per heavy atom. The first kappa shape index (κ1) is 27.6. The highest BCUT2D eigenvalue weighted by molar-refractivity contribution is 7.18. The monoisotopic (exact) mass is 428 g/mol. The standard InChI is InChI=1S/C7H15NOSi.C6H2.C4H7NO.C3H9ClSi.2H2/c1-10(2,3)8-6-4-5-7(8)9;1-3-5-6-4-2;6-4-2-1-3-5-4;1-5(2,3)4;;/h4-6H2,1-3H3;1-2H;1-3H2,(H,5,6);1-3H3;2*1H. The zero-order valence-electron chi connectivity index (χ0n) is 17.5. The van der Waals surface area contributed by atoms with Crippen LogP contribution in [0.4, 0.5) is 0 Å². The molecule has 0 spiro atoms. The van der Waals surface area contributed by atoms with Gasteiger partial charge in [-0.05, 0) is 36.5 Å². The van der Waals surface area contributed by atoms with E-state index in [-0.39, 0.29) is 8.76 Å². The summed E-state index contributed by atoms with van der Waals surface area (Å²) in [6.45, 7) is 14.8. The molecule has 0 aromatic rings. The van der Waals surface area contributed by atoms with Crippen molar-refractivity contribution in [2.75, 3.05) is 13.1 Å². The molecule has 2 heterocycles. The van der Waals surface area contributed by atoms with Crippen molar-refractivity contribution in [2.24, 2.45) is 0 Å². The number of carbonyl (C=O) groups is 2. The summed E-state index contributed by atoms with van der Waals surface area (Å²) in [5.41, 5.74) is 0. The zero-order chi connectivity index (χ0) is 21.5. The first-order valence-electron chi connectivity index (χ1n) is 9.00. The van der Waals surface area contributed by atoms with Gasteiger partial charge in [-0.3, -0.25) is 9.59 Å². The second-order valence-corrected chi connectivity index (χ2v) is 20.3. The molecular weight excluding hydrogens is 392 g/mol. The van der Waals surface area contributed by atoms with E-state index in [0.29, 0.717) is 5.91 Å². The lowest BCUT2D eigenvalue weighted by molar-refractivity contribution is -0.124. The highest BCUT2D eigenvalue weighted by Crippen LogP contribution is 2.18. The van der Waals surface area contributed by atoms with E-state index in [9.17, 15) is 9.59 Å². The van der Waals surface area contributed by atoms with E-state index < -0.39 is 15.6 Å². The SMILES string of the molecule is C#CC#CC#C.C[Si](C)(C)Cl.C[Si](C)(C)N1CCCC1=O.O=C1CCCN1.[HH].[HH]. The second kappa shape index (κ2) is 14.4. The van der Waals surface area contributed by atoms with Gasteiger partial charge in [0.2, 0.25) is 11.8 Å². The van der Waals surface area contributed by atoms with Crippen LogP contribution in [0.25, 0.3) is 0 Å². The van der Waals surface area contributed by atoms with Gasteiger partial charge in [-0.2, -0.15) is 11.1 Å². The number of hydrogen-bond acceptors (Lipinski definition) is 2. The zero-order valence-corrected chi connectivity index (χ0v) is 20.3. The molecule has 0 bridgehead atoms. The number of carbonyl (C=O) groups excluding carboxylic acids is 2. The third-order valence-corrected chi connectivity index (χ3v) is 5.09. The van der Waals surface area contributed by atoms with E-state index in [2.05, 4.69) is 72.8 Å². The quantitative estimate of drug-likeness (QED) is 0.387. The number of halogens is 1. The Bertz CT molecular complexity index is 590. The maximum Gasteiger partial charge on any atom is 0.220 e. The highest BCUT2D eigenvalue weighted by atomic mass is 35.6. The van der Waals surface area contributed by atoms with E-state index in [4.69, 9.17) is 23.9 Å². The van der Waals surface area contributed by atoms with Crippen LogP contribution in [0, 0.1) is 36.5 Å². The van der Waals surface area contributed by atoms with E-state index in [1.54, 1.807) is 0 Å². The minimum atomic E-state index is -1.30. The van der Waals surface area contributed by atoms with Crippen molar-refractivity contribution in [3.05, 3.63) is 0 Å². The van der Waals surface area contributed by atoms with Crippen LogP contribution in [-0.2, 0) is 9.59 Å². The smallest absolute Gasteiger partial charge is 0.220 e. The summed E-state index contributed by atoms with van der Waals surface area (Å²) in [5, 5.41) is 2.68. The number of nitrogens with zero attached hydrogens (tertiary/aromatic N) is 1. The molecule has 2 fully saturated rings. The van der Waals surface area contributed by atoms with Crippen molar-refractivity contribution < 1.29 is 12.4 Å². The molecule has 154 valence electrons. The van der Waals surface area contributed by atoms with Crippen LogP contribution in [0.2, 0.25) is 39.3 Å². The van der Waals surface area contributed by atoms with E-state index in [0.717, 1.165) is 38.8 Å². The van der Waals surface area contributed by atoms with Gasteiger partial charge < -0.3 is 9.88 Å². The Balaban J connectivity index is -0.000000146. The van der Waals surface area contributed by atoms with Crippen LogP contribution in [-0.4, -0.2) is 45.1 Å². The second-order valence-electron chi connectivity index (χ2n) is 7.88. The summed E-state index contributed by atoms with van der Waals surface area (Å²) in [7, 11) is -2.44. The van der Waals surface area contributed by atoms with E-state index >= 15 is 0 Å². The number of rotatable bonds is 1. The molecule has 0 aliphatic carbocycles. The Kier molecular flexibility index (Phi) is 14.7. The lowest BCUT2D eigenvalue weighted by Crippen LogP contribution is -2.46. The van der Waals surface area contributed by atoms with Gasteiger partial charge in [-0.15, -0.1) is 12.8 Å². The first-order chi connectivity index (χ1) is 12.3. The van der Waals surface area contributed by atoms with Crippen molar-refractivity contribution in [3.8, 4) is 36.5 Å². The summed E-state index contributed by atoms with van der Waals surface area (Å²) < 4.78 is 2.09. The molecule has 4 nitrogen and oxygen atoms in total. The number of terminal acetylenes is 2. The lowest BCUT2D eigenvalue weighted by Gasteiger charge is -2.29. The van der Waals surface area contributed by atoms with E-state index in [1.165, 1.54) is 0 Å². The maximum absolute atomic E-state index is 11.2. The molecule has 0 saturated carbocycles. The molecule has 0 atom stereocenters. The van der Waals surface area contributed by atoms with Crippen molar-refractivity contribution in [1.82, 2.24) is 9.88 Å². The van der Waals surface area contributed by atoms with Gasteiger partial charge in [-0.25, -0.2) is 0 Å². The molecule has 0 unspecified atom stereocenters. The molecule has 2 saturated heterocycles. The summed E-state index contributed by atoms with van der Waals surface area (Å²) in [6.07, 6.45) is 13.0. The van der Waals surface area contributed by atoms with Gasteiger partial charge in [-0.1, -0.05) is 39.3 Å². The molecule has 0 aromatic carbocycles. The van der Waals surface area contributed by atoms with Crippen LogP contribution in [0.5, 0.6) is 0 Å². The normalized spacial score (nSPS) is 15.1. The molecule has 1 N–H and O–H groups in total. The molecule has 2 amide bonds. The summed E-state index contributed by atoms with van der Waals surface area (Å²) >= 11 is 5.67. The molecule has 27 heavy (non-hydrogen) atoms. The molecular formula is C20H37ClN2O2Si2. The number of amides is 2. The van der Waals surface area contributed by atoms with Gasteiger partial charge in [0.25, 0.3) is 0 Å². The predicted molar refractivity (Wildman–Crippen MR) is 125 cm³/mol. The topological polar surface area (TPSA) is 49.4 Å². The van der Waals surface area contributed by atoms with Crippen molar-refractivity contribution in [1.29, 1.82) is 0 Å². The Labute approximate surface area is 175 Å². The average Bonchev–Trinajstić information content (AvgIpc) is 3.15. The third kappa shape index (κ3) is 20.5. The number of nitrogens with one attached hydrogen (secondary N) is 1. The van der Waals surface area contributed by atoms with Gasteiger partial charge in [0.1, 0.15) is 7.38 Å². The molecule has 0 aromatic heterocycles. The fourth-order valence-electron chi connectivity index (χ4n) is 1.99. The largest absolute Gasteiger partial charge is 0.370 e. The molecule has 2 rings (SSSR count). The van der Waals surface area contributed by atoms with Gasteiger partial charge in [0, 0.05) is 28.8 Å². The lowest BCUT2D eigenvalue weighted by atomic mass is 10.4. The van der Waals surface area contributed by atoms with Crippen LogP contribution in [0.3, 0.4) is 0 Å². The highest BCUT2D eigenvalue weighted by Gasteiger charge is 2.31. The fourth-order valence-corrected chi connectivity index (χ4v) is 3.68.